The van der Waals surface area contributed by atoms with Crippen LogP contribution in [0.3, 0.4) is 0 Å². The van der Waals surface area contributed by atoms with Crippen LogP contribution in [0.1, 0.15) is 29.2 Å². The van der Waals surface area contributed by atoms with Crippen LogP contribution >= 0.6 is 0 Å². The summed E-state index contributed by atoms with van der Waals surface area (Å²) in [6, 6.07) is 30.7. The van der Waals surface area contributed by atoms with Crippen LogP contribution in [0.4, 0.5) is 0 Å². The third-order valence-electron chi connectivity index (χ3n) is 5.75. The average Bonchev–Trinajstić information content (AvgIpc) is 3.17. The first-order valence-electron chi connectivity index (χ1n) is 10.2. The van der Waals surface area contributed by atoms with Crippen LogP contribution in [-0.4, -0.2) is 4.98 Å². The van der Waals surface area contributed by atoms with Gasteiger partial charge in [-0.3, -0.25) is 4.98 Å². The first kappa shape index (κ1) is 18.6. The van der Waals surface area contributed by atoms with Gasteiger partial charge in [0.25, 0.3) is 0 Å². The summed E-state index contributed by atoms with van der Waals surface area (Å²) >= 11 is 0. The van der Waals surface area contributed by atoms with Crippen molar-refractivity contribution in [3.05, 3.63) is 119 Å². The summed E-state index contributed by atoms with van der Waals surface area (Å²) in [7, 11) is 0. The lowest BCUT2D eigenvalue weighted by atomic mass is 9.87. The Balaban J connectivity index is 1.61. The van der Waals surface area contributed by atoms with Crippen LogP contribution in [0.5, 0.6) is 5.75 Å². The van der Waals surface area contributed by atoms with Crippen LogP contribution in [0.25, 0.3) is 11.3 Å². The molecule has 30 heavy (non-hydrogen) atoms. The average molecular weight is 393 g/mol. The van der Waals surface area contributed by atoms with Crippen LogP contribution in [0.2, 0.25) is 0 Å². The Hall–Kier alpha value is -3.43. The highest BCUT2D eigenvalue weighted by Gasteiger charge is 2.40. The predicted octanol–water partition coefficient (Wildman–Crippen LogP) is 6.12. The van der Waals surface area contributed by atoms with E-state index in [-0.39, 0.29) is 0 Å². The fourth-order valence-corrected chi connectivity index (χ4v) is 4.06. The van der Waals surface area contributed by atoms with Gasteiger partial charge in [-0.15, -0.1) is 0 Å². The number of nitrogens with zero attached hydrogens (tertiary/aromatic N) is 1. The molecule has 0 aliphatic carbocycles. The SMILES string of the molecule is CC1(c2ccccc2)OCc2c1cnc(-c1ccccc1)c2OCc1ccccc1. The largest absolute Gasteiger partial charge is 0.486 e. The van der Waals surface area contributed by atoms with E-state index in [2.05, 4.69) is 43.3 Å². The molecule has 0 bridgehead atoms. The maximum atomic E-state index is 6.41. The van der Waals surface area contributed by atoms with Crippen LogP contribution in [-0.2, 0) is 23.6 Å². The lowest BCUT2D eigenvalue weighted by Gasteiger charge is -2.25. The van der Waals surface area contributed by atoms with Crippen LogP contribution in [0, 0.1) is 0 Å². The Labute approximate surface area is 177 Å². The molecule has 0 saturated heterocycles. The van der Waals surface area contributed by atoms with Crippen LogP contribution < -0.4 is 4.74 Å². The molecule has 0 amide bonds. The molecule has 148 valence electrons. The van der Waals surface area contributed by atoms with Crippen molar-refractivity contribution in [2.24, 2.45) is 0 Å². The third-order valence-corrected chi connectivity index (χ3v) is 5.75. The van der Waals surface area contributed by atoms with E-state index in [1.54, 1.807) is 0 Å². The molecule has 1 unspecified atom stereocenters. The molecule has 0 radical (unpaired) electrons. The molecule has 0 N–H and O–H groups in total. The van der Waals surface area contributed by atoms with E-state index in [4.69, 9.17) is 14.5 Å². The minimum absolute atomic E-state index is 0.487. The van der Waals surface area contributed by atoms with Gasteiger partial charge in [0, 0.05) is 22.9 Å². The standard InChI is InChI=1S/C27H23NO2/c1-27(22-15-9-4-10-16-22)24-17-28-25(21-13-7-3-8-14-21)26(23(24)19-30-27)29-18-20-11-5-2-6-12-20/h2-17H,18-19H2,1H3. The molecule has 1 aliphatic heterocycles. The molecule has 1 aromatic heterocycles. The van der Waals surface area contributed by atoms with Crippen molar-refractivity contribution in [3.63, 3.8) is 0 Å². The van der Waals surface area contributed by atoms with Crippen molar-refractivity contribution in [1.29, 1.82) is 0 Å². The number of rotatable bonds is 5. The van der Waals surface area contributed by atoms with Gasteiger partial charge < -0.3 is 9.47 Å². The van der Waals surface area contributed by atoms with E-state index < -0.39 is 5.60 Å². The van der Waals surface area contributed by atoms with E-state index in [1.165, 1.54) is 0 Å². The normalized spacial score (nSPS) is 17.5. The predicted molar refractivity (Wildman–Crippen MR) is 118 cm³/mol. The molecule has 0 saturated carbocycles. The lowest BCUT2D eigenvalue weighted by Crippen LogP contribution is -2.22. The summed E-state index contributed by atoms with van der Waals surface area (Å²) in [5.41, 5.74) is 5.74. The lowest BCUT2D eigenvalue weighted by molar-refractivity contribution is 0.00924. The van der Waals surface area contributed by atoms with Crippen molar-refractivity contribution in [1.82, 2.24) is 4.98 Å². The van der Waals surface area contributed by atoms with Gasteiger partial charge >= 0.3 is 0 Å². The van der Waals surface area contributed by atoms with Crippen molar-refractivity contribution in [2.45, 2.75) is 25.7 Å². The van der Waals surface area contributed by atoms with Crippen molar-refractivity contribution in [3.8, 4) is 17.0 Å². The number of ether oxygens (including phenoxy) is 2. The van der Waals surface area contributed by atoms with E-state index in [1.807, 2.05) is 60.8 Å². The summed E-state index contributed by atoms with van der Waals surface area (Å²) in [5, 5.41) is 0. The fourth-order valence-electron chi connectivity index (χ4n) is 4.06. The summed E-state index contributed by atoms with van der Waals surface area (Å²) < 4.78 is 12.8. The molecule has 1 aliphatic rings. The second-order valence-electron chi connectivity index (χ2n) is 7.66. The highest BCUT2D eigenvalue weighted by Crippen LogP contribution is 2.47. The zero-order chi connectivity index (χ0) is 20.4. The fraction of sp³-hybridized carbons (Fsp3) is 0.148. The third kappa shape index (κ3) is 3.27. The number of hydrogen-bond acceptors (Lipinski definition) is 3. The van der Waals surface area contributed by atoms with Crippen molar-refractivity contribution >= 4 is 0 Å². The smallest absolute Gasteiger partial charge is 0.151 e. The first-order chi connectivity index (χ1) is 14.8. The topological polar surface area (TPSA) is 31.4 Å². The van der Waals surface area contributed by atoms with E-state index >= 15 is 0 Å². The maximum absolute atomic E-state index is 6.41. The first-order valence-corrected chi connectivity index (χ1v) is 10.2. The minimum Gasteiger partial charge on any atom is -0.486 e. The molecule has 0 fully saturated rings. The van der Waals surface area contributed by atoms with Crippen molar-refractivity contribution in [2.75, 3.05) is 0 Å². The molecule has 1 atom stereocenters. The number of aromatic nitrogens is 1. The molecule has 3 aromatic carbocycles. The summed E-state index contributed by atoms with van der Waals surface area (Å²) in [6.07, 6.45) is 1.95. The molecule has 5 rings (SSSR count). The minimum atomic E-state index is -0.538. The highest BCUT2D eigenvalue weighted by atomic mass is 16.5. The zero-order valence-corrected chi connectivity index (χ0v) is 16.9. The molecular weight excluding hydrogens is 370 g/mol. The van der Waals surface area contributed by atoms with E-state index in [0.717, 1.165) is 39.3 Å². The maximum Gasteiger partial charge on any atom is 0.151 e. The quantitative estimate of drug-likeness (QED) is 0.409. The van der Waals surface area contributed by atoms with Gasteiger partial charge in [-0.25, -0.2) is 0 Å². The summed E-state index contributed by atoms with van der Waals surface area (Å²) in [5.74, 6) is 0.808. The Morgan fingerprint density at radius 1 is 0.867 bits per heavy atom. The van der Waals surface area contributed by atoms with Gasteiger partial charge in [0.05, 0.1) is 6.61 Å². The molecule has 3 heteroatoms. The van der Waals surface area contributed by atoms with Gasteiger partial charge in [0.2, 0.25) is 0 Å². The molecule has 3 nitrogen and oxygen atoms in total. The zero-order valence-electron chi connectivity index (χ0n) is 16.9. The number of benzene rings is 3. The van der Waals surface area contributed by atoms with Gasteiger partial charge in [-0.05, 0) is 18.1 Å². The number of fused-ring (bicyclic) bond motifs is 1. The second-order valence-corrected chi connectivity index (χ2v) is 7.66. The molecule has 2 heterocycles. The van der Waals surface area contributed by atoms with Gasteiger partial charge in [-0.1, -0.05) is 91.0 Å². The van der Waals surface area contributed by atoms with Gasteiger partial charge in [0.1, 0.15) is 17.9 Å². The Morgan fingerprint density at radius 3 is 2.20 bits per heavy atom. The molecular formula is C27H23NO2. The highest BCUT2D eigenvalue weighted by molar-refractivity contribution is 5.70. The number of hydrogen-bond donors (Lipinski definition) is 0. The Kier molecular flexibility index (Phi) is 4.82. The second kappa shape index (κ2) is 7.77. The summed E-state index contributed by atoms with van der Waals surface area (Å²) in [6.45, 7) is 3.09. The molecule has 0 spiro atoms. The van der Waals surface area contributed by atoms with Crippen LogP contribution in [0.15, 0.2) is 97.2 Å². The monoisotopic (exact) mass is 393 g/mol. The van der Waals surface area contributed by atoms with E-state index in [9.17, 15) is 0 Å². The Morgan fingerprint density at radius 2 is 1.50 bits per heavy atom. The Bertz CT molecular complexity index is 1140. The van der Waals surface area contributed by atoms with Gasteiger partial charge in [-0.2, -0.15) is 0 Å². The van der Waals surface area contributed by atoms with E-state index in [0.29, 0.717) is 13.2 Å². The van der Waals surface area contributed by atoms with Gasteiger partial charge in [0.15, 0.2) is 5.75 Å². The van der Waals surface area contributed by atoms with Crippen molar-refractivity contribution < 1.29 is 9.47 Å². The molecule has 4 aromatic rings. The number of pyridine rings is 1. The summed E-state index contributed by atoms with van der Waals surface area (Å²) in [4.78, 5) is 4.85.